The third-order valence-corrected chi connectivity index (χ3v) is 7.28. The second kappa shape index (κ2) is 11.2. The number of nitrogens with zero attached hydrogens (tertiary/aromatic N) is 1. The highest BCUT2D eigenvalue weighted by Crippen LogP contribution is 2.46. The van der Waals surface area contributed by atoms with Gasteiger partial charge in [0.15, 0.2) is 5.12 Å². The Labute approximate surface area is 202 Å². The number of thioether (sulfide) groups is 1. The van der Waals surface area contributed by atoms with Crippen LogP contribution in [0.4, 0.5) is 14.5 Å². The van der Waals surface area contributed by atoms with E-state index in [1.165, 1.54) is 31.0 Å². The highest BCUT2D eigenvalue weighted by Gasteiger charge is 2.45. The molecule has 1 N–H and O–H groups in total. The summed E-state index contributed by atoms with van der Waals surface area (Å²) in [7, 11) is 1.36. The number of methoxy groups -OCH3 is 1. The summed E-state index contributed by atoms with van der Waals surface area (Å²) in [4.78, 5) is 29.5. The zero-order valence-corrected chi connectivity index (χ0v) is 20.6. The maximum atomic E-state index is 13.9. The molecule has 0 aliphatic heterocycles. The lowest BCUT2D eigenvalue weighted by Gasteiger charge is -2.40. The van der Waals surface area contributed by atoms with Crippen molar-refractivity contribution in [1.29, 1.82) is 0 Å². The Bertz CT molecular complexity index is 1020. The molecule has 9 heteroatoms. The van der Waals surface area contributed by atoms with Crippen molar-refractivity contribution in [3.8, 4) is 11.8 Å². The van der Waals surface area contributed by atoms with E-state index < -0.39 is 17.9 Å². The second-order valence-electron chi connectivity index (χ2n) is 8.67. The minimum Gasteiger partial charge on any atom is -0.481 e. The van der Waals surface area contributed by atoms with Gasteiger partial charge in [-0.3, -0.25) is 9.59 Å². The van der Waals surface area contributed by atoms with Crippen LogP contribution in [0.1, 0.15) is 63.5 Å². The van der Waals surface area contributed by atoms with Gasteiger partial charge in [0.25, 0.3) is 0 Å². The van der Waals surface area contributed by atoms with Crippen molar-refractivity contribution in [1.82, 2.24) is 4.98 Å². The van der Waals surface area contributed by atoms with Crippen LogP contribution in [-0.4, -0.2) is 35.0 Å². The molecule has 1 aliphatic rings. The number of halogens is 2. The topological polar surface area (TPSA) is 77.5 Å². The molecular weight excluding hydrogens is 462 g/mol. The lowest BCUT2D eigenvalue weighted by molar-refractivity contribution is -0.122. The van der Waals surface area contributed by atoms with Crippen LogP contribution in [0.5, 0.6) is 11.8 Å². The summed E-state index contributed by atoms with van der Waals surface area (Å²) in [6.45, 7) is 2.59. The first-order valence-corrected chi connectivity index (χ1v) is 12.1. The number of hydrogen-bond donors (Lipinski definition) is 1. The molecule has 2 aromatic rings. The molecule has 1 aliphatic carbocycles. The fraction of sp³-hybridized carbons (Fsp3) is 0.480. The number of carbonyl (C=O) groups is 2. The number of hydrogen-bond acceptors (Lipinski definition) is 6. The predicted molar refractivity (Wildman–Crippen MR) is 129 cm³/mol. The van der Waals surface area contributed by atoms with Gasteiger partial charge in [0.05, 0.1) is 12.5 Å². The van der Waals surface area contributed by atoms with Crippen LogP contribution in [0.25, 0.3) is 0 Å². The molecule has 184 valence electrons. The smallest absolute Gasteiger partial charge is 0.388 e. The fourth-order valence-corrected chi connectivity index (χ4v) is 5.48. The molecule has 3 rings (SSSR count). The van der Waals surface area contributed by atoms with Gasteiger partial charge in [-0.2, -0.15) is 13.8 Å². The van der Waals surface area contributed by atoms with Crippen LogP contribution in [0.2, 0.25) is 0 Å². The average molecular weight is 493 g/mol. The first-order chi connectivity index (χ1) is 16.2. The Kier molecular flexibility index (Phi) is 8.52. The van der Waals surface area contributed by atoms with Gasteiger partial charge in [-0.15, -0.1) is 0 Å². The van der Waals surface area contributed by atoms with Crippen LogP contribution in [0, 0.1) is 0 Å². The largest absolute Gasteiger partial charge is 0.481 e. The zero-order valence-electron chi connectivity index (χ0n) is 19.8. The van der Waals surface area contributed by atoms with Gasteiger partial charge in [-0.05, 0) is 48.8 Å². The number of benzene rings is 1. The van der Waals surface area contributed by atoms with Crippen LogP contribution in [0.3, 0.4) is 0 Å². The maximum absolute atomic E-state index is 13.9. The lowest BCUT2D eigenvalue weighted by Crippen LogP contribution is -2.44. The normalized spacial score (nSPS) is 20.3. The number of amides is 1. The van der Waals surface area contributed by atoms with Crippen molar-refractivity contribution in [3.63, 3.8) is 0 Å². The number of aromatic nitrogens is 1. The monoisotopic (exact) mass is 492 g/mol. The molecule has 1 saturated carbocycles. The van der Waals surface area contributed by atoms with E-state index >= 15 is 0 Å². The van der Waals surface area contributed by atoms with Crippen LogP contribution in [0.15, 0.2) is 36.4 Å². The van der Waals surface area contributed by atoms with Gasteiger partial charge in [0, 0.05) is 18.2 Å². The Morgan fingerprint density at radius 1 is 1.15 bits per heavy atom. The van der Waals surface area contributed by atoms with E-state index in [0.717, 1.165) is 11.1 Å². The molecule has 1 aromatic carbocycles. The highest BCUT2D eigenvalue weighted by molar-refractivity contribution is 8.14. The molecular formula is C25H30F2N2O4S. The van der Waals surface area contributed by atoms with Gasteiger partial charge < -0.3 is 14.8 Å². The predicted octanol–water partition coefficient (Wildman–Crippen LogP) is 5.91. The van der Waals surface area contributed by atoms with E-state index in [1.54, 1.807) is 6.92 Å². The Balaban J connectivity index is 2.00. The summed E-state index contributed by atoms with van der Waals surface area (Å²) in [5.41, 5.74) is 1.16. The number of pyridine rings is 1. The highest BCUT2D eigenvalue weighted by atomic mass is 32.2. The number of carbonyl (C=O) groups excluding carboxylic acids is 2. The zero-order chi connectivity index (χ0) is 24.9. The van der Waals surface area contributed by atoms with E-state index in [0.29, 0.717) is 25.7 Å². The van der Waals surface area contributed by atoms with Crippen molar-refractivity contribution >= 4 is 28.5 Å². The summed E-state index contributed by atoms with van der Waals surface area (Å²) < 4.78 is 35.6. The summed E-state index contributed by atoms with van der Waals surface area (Å²) in [6, 6.07) is 10.8. The summed E-state index contributed by atoms with van der Waals surface area (Å²) in [5, 5.41) is 3.01. The van der Waals surface area contributed by atoms with E-state index in [2.05, 4.69) is 28.9 Å². The van der Waals surface area contributed by atoms with E-state index in [9.17, 15) is 18.4 Å². The van der Waals surface area contributed by atoms with Crippen molar-refractivity contribution in [2.45, 2.75) is 69.6 Å². The Hall–Kier alpha value is -2.68. The number of ether oxygens (including phenoxy) is 2. The minimum absolute atomic E-state index is 0.0488. The third kappa shape index (κ3) is 5.87. The fourth-order valence-electron chi connectivity index (χ4n) is 4.54. The van der Waals surface area contributed by atoms with Crippen LogP contribution >= 0.6 is 11.8 Å². The van der Waals surface area contributed by atoms with Crippen molar-refractivity contribution in [2.24, 2.45) is 0 Å². The van der Waals surface area contributed by atoms with Crippen LogP contribution < -0.4 is 14.8 Å². The van der Waals surface area contributed by atoms with Crippen molar-refractivity contribution in [2.75, 3.05) is 12.4 Å². The molecule has 0 unspecified atom stereocenters. The van der Waals surface area contributed by atoms with Crippen molar-refractivity contribution < 1.29 is 27.8 Å². The number of nitrogens with one attached hydrogen (secondary N) is 1. The van der Waals surface area contributed by atoms with Gasteiger partial charge >= 0.3 is 6.61 Å². The molecule has 0 radical (unpaired) electrons. The Morgan fingerprint density at radius 3 is 2.41 bits per heavy atom. The summed E-state index contributed by atoms with van der Waals surface area (Å²) in [5.74, 6) is -0.436. The Morgan fingerprint density at radius 2 is 1.82 bits per heavy atom. The third-order valence-electron chi connectivity index (χ3n) is 6.14. The maximum Gasteiger partial charge on any atom is 0.388 e. The first-order valence-electron chi connectivity index (χ1n) is 11.2. The quantitative estimate of drug-likeness (QED) is 0.493. The van der Waals surface area contributed by atoms with E-state index in [-0.39, 0.29) is 33.8 Å². The average Bonchev–Trinajstić information content (AvgIpc) is 2.80. The summed E-state index contributed by atoms with van der Waals surface area (Å²) in [6.07, 6.45) is 2.43. The second-order valence-corrected chi connectivity index (χ2v) is 10.1. The van der Waals surface area contributed by atoms with E-state index in [1.807, 2.05) is 24.3 Å². The standard InChI is InChI=1S/C25H30F2N2O4S/c1-15(2)18-7-5-6-8-19(18)25(13-11-17(12-14-25)34-16(3)30)23(31)28-20-9-10-21(32-4)29-22(20)33-24(26)27/h5-10,15,17,24H,11-14H2,1-4H3,(H,28,31). The molecule has 0 saturated heterocycles. The first kappa shape index (κ1) is 25.9. The van der Waals surface area contributed by atoms with Gasteiger partial charge in [0.2, 0.25) is 17.7 Å². The molecule has 0 spiro atoms. The van der Waals surface area contributed by atoms with Crippen molar-refractivity contribution in [3.05, 3.63) is 47.5 Å². The van der Waals surface area contributed by atoms with Gasteiger partial charge in [0.1, 0.15) is 5.69 Å². The lowest BCUT2D eigenvalue weighted by atomic mass is 9.66. The molecule has 34 heavy (non-hydrogen) atoms. The van der Waals surface area contributed by atoms with E-state index in [4.69, 9.17) is 4.74 Å². The molecule has 1 aromatic heterocycles. The summed E-state index contributed by atoms with van der Waals surface area (Å²) >= 11 is 1.31. The molecule has 6 nitrogen and oxygen atoms in total. The number of alkyl halides is 2. The molecule has 1 fully saturated rings. The number of anilines is 1. The molecule has 1 heterocycles. The van der Waals surface area contributed by atoms with Gasteiger partial charge in [-0.25, -0.2) is 0 Å². The molecule has 0 bridgehead atoms. The molecule has 0 atom stereocenters. The molecule has 1 amide bonds. The number of rotatable bonds is 8. The minimum atomic E-state index is -3.11. The van der Waals surface area contributed by atoms with Crippen LogP contribution in [-0.2, 0) is 15.0 Å². The SMILES string of the molecule is COc1ccc(NC(=O)C2(c3ccccc3C(C)C)CCC(SC(C)=O)CC2)c(OC(F)F)n1. The van der Waals surface area contributed by atoms with Gasteiger partial charge in [-0.1, -0.05) is 49.9 Å².